The van der Waals surface area contributed by atoms with Crippen LogP contribution in [0.4, 0.5) is 0 Å². The van der Waals surface area contributed by atoms with Crippen LogP contribution in [0, 0.1) is 6.92 Å². The number of ether oxygens (including phenoxy) is 1. The van der Waals surface area contributed by atoms with Gasteiger partial charge in [0.05, 0.1) is 7.11 Å². The standard InChI is InChI=1S/C13H20BrNO/c1-5-15(6-2)9-11-8-12(14)7-10(3)13(11)16-4/h7-8H,5-6,9H2,1-4H3. The van der Waals surface area contributed by atoms with Crippen LogP contribution in [0.25, 0.3) is 0 Å². The molecule has 0 saturated carbocycles. The fraction of sp³-hybridized carbons (Fsp3) is 0.538. The van der Waals surface area contributed by atoms with E-state index in [4.69, 9.17) is 4.74 Å². The molecule has 1 rings (SSSR count). The minimum Gasteiger partial charge on any atom is -0.496 e. The van der Waals surface area contributed by atoms with E-state index in [0.29, 0.717) is 0 Å². The highest BCUT2D eigenvalue weighted by atomic mass is 79.9. The van der Waals surface area contributed by atoms with E-state index in [1.165, 1.54) is 11.1 Å². The Hall–Kier alpha value is -0.540. The Morgan fingerprint density at radius 1 is 1.25 bits per heavy atom. The van der Waals surface area contributed by atoms with E-state index in [9.17, 15) is 0 Å². The highest BCUT2D eigenvalue weighted by molar-refractivity contribution is 9.10. The van der Waals surface area contributed by atoms with Crippen LogP contribution in [0.3, 0.4) is 0 Å². The van der Waals surface area contributed by atoms with Gasteiger partial charge in [-0.05, 0) is 37.7 Å². The van der Waals surface area contributed by atoms with Crippen molar-refractivity contribution in [3.05, 3.63) is 27.7 Å². The van der Waals surface area contributed by atoms with E-state index in [0.717, 1.165) is 29.9 Å². The Morgan fingerprint density at radius 3 is 2.38 bits per heavy atom. The van der Waals surface area contributed by atoms with Gasteiger partial charge in [-0.2, -0.15) is 0 Å². The number of hydrogen-bond acceptors (Lipinski definition) is 2. The molecule has 0 N–H and O–H groups in total. The first-order chi connectivity index (χ1) is 7.62. The molecule has 0 unspecified atom stereocenters. The van der Waals surface area contributed by atoms with Crippen LogP contribution in [0.15, 0.2) is 16.6 Å². The monoisotopic (exact) mass is 285 g/mol. The SMILES string of the molecule is CCN(CC)Cc1cc(Br)cc(C)c1OC. The van der Waals surface area contributed by atoms with Crippen molar-refractivity contribution in [2.45, 2.75) is 27.3 Å². The second kappa shape index (κ2) is 6.26. The maximum atomic E-state index is 5.47. The summed E-state index contributed by atoms with van der Waals surface area (Å²) >= 11 is 3.54. The molecule has 16 heavy (non-hydrogen) atoms. The number of aryl methyl sites for hydroxylation is 1. The summed E-state index contributed by atoms with van der Waals surface area (Å²) in [6.07, 6.45) is 0. The van der Waals surface area contributed by atoms with Gasteiger partial charge in [-0.25, -0.2) is 0 Å². The van der Waals surface area contributed by atoms with Crippen LogP contribution < -0.4 is 4.74 Å². The summed E-state index contributed by atoms with van der Waals surface area (Å²) in [5, 5.41) is 0. The Kier molecular flexibility index (Phi) is 5.29. The maximum absolute atomic E-state index is 5.47. The molecule has 3 heteroatoms. The fourth-order valence-corrected chi connectivity index (χ4v) is 2.52. The lowest BCUT2D eigenvalue weighted by atomic mass is 10.1. The molecule has 2 nitrogen and oxygen atoms in total. The van der Waals surface area contributed by atoms with Crippen LogP contribution in [0.5, 0.6) is 5.75 Å². The molecule has 0 aliphatic heterocycles. The Bertz CT molecular complexity index is 348. The van der Waals surface area contributed by atoms with Crippen molar-refractivity contribution < 1.29 is 4.74 Å². The summed E-state index contributed by atoms with van der Waals surface area (Å²) in [5.41, 5.74) is 2.43. The molecule has 0 aliphatic carbocycles. The van der Waals surface area contributed by atoms with E-state index < -0.39 is 0 Å². The number of benzene rings is 1. The van der Waals surface area contributed by atoms with Crippen molar-refractivity contribution >= 4 is 15.9 Å². The van der Waals surface area contributed by atoms with Crippen LogP contribution in [-0.4, -0.2) is 25.1 Å². The van der Waals surface area contributed by atoms with Crippen LogP contribution >= 0.6 is 15.9 Å². The van der Waals surface area contributed by atoms with Gasteiger partial charge in [0.25, 0.3) is 0 Å². The molecule has 0 amide bonds. The summed E-state index contributed by atoms with van der Waals surface area (Å²) in [4.78, 5) is 2.38. The van der Waals surface area contributed by atoms with Gasteiger partial charge in [0.1, 0.15) is 5.75 Å². The van der Waals surface area contributed by atoms with Gasteiger partial charge < -0.3 is 4.74 Å². The van der Waals surface area contributed by atoms with Crippen LogP contribution in [0.2, 0.25) is 0 Å². The summed E-state index contributed by atoms with van der Waals surface area (Å²) in [6, 6.07) is 4.23. The lowest BCUT2D eigenvalue weighted by molar-refractivity contribution is 0.289. The minimum absolute atomic E-state index is 0.941. The third-order valence-electron chi connectivity index (χ3n) is 2.81. The number of halogens is 1. The molecule has 90 valence electrons. The third kappa shape index (κ3) is 3.22. The number of methoxy groups -OCH3 is 1. The molecule has 0 aromatic heterocycles. The summed E-state index contributed by atoms with van der Waals surface area (Å²) in [6.45, 7) is 9.50. The molecule has 0 saturated heterocycles. The quantitative estimate of drug-likeness (QED) is 0.820. The third-order valence-corrected chi connectivity index (χ3v) is 3.27. The molecule has 0 bridgehead atoms. The Morgan fingerprint density at radius 2 is 1.88 bits per heavy atom. The molecule has 0 spiro atoms. The van der Waals surface area contributed by atoms with Crippen molar-refractivity contribution in [2.24, 2.45) is 0 Å². The second-order valence-electron chi connectivity index (χ2n) is 3.88. The number of rotatable bonds is 5. The Labute approximate surface area is 107 Å². The average Bonchev–Trinajstić information content (AvgIpc) is 2.25. The van der Waals surface area contributed by atoms with Gasteiger partial charge in [0, 0.05) is 16.6 Å². The molecular weight excluding hydrogens is 266 g/mol. The minimum atomic E-state index is 0.941. The normalized spacial score (nSPS) is 10.9. The van der Waals surface area contributed by atoms with E-state index in [2.05, 4.69) is 53.7 Å². The van der Waals surface area contributed by atoms with Crippen molar-refractivity contribution in [2.75, 3.05) is 20.2 Å². The molecule has 0 heterocycles. The van der Waals surface area contributed by atoms with E-state index in [1.54, 1.807) is 7.11 Å². The van der Waals surface area contributed by atoms with Gasteiger partial charge in [-0.3, -0.25) is 4.90 Å². The van der Waals surface area contributed by atoms with Crippen molar-refractivity contribution in [3.63, 3.8) is 0 Å². The zero-order chi connectivity index (χ0) is 12.1. The first-order valence-corrected chi connectivity index (χ1v) is 6.47. The number of hydrogen-bond donors (Lipinski definition) is 0. The van der Waals surface area contributed by atoms with Crippen molar-refractivity contribution in [1.29, 1.82) is 0 Å². The van der Waals surface area contributed by atoms with Crippen LogP contribution in [0.1, 0.15) is 25.0 Å². The van der Waals surface area contributed by atoms with Gasteiger partial charge in [0.2, 0.25) is 0 Å². The zero-order valence-electron chi connectivity index (χ0n) is 10.5. The van der Waals surface area contributed by atoms with Gasteiger partial charge in [-0.15, -0.1) is 0 Å². The zero-order valence-corrected chi connectivity index (χ0v) is 12.1. The fourth-order valence-electron chi connectivity index (χ4n) is 1.90. The van der Waals surface area contributed by atoms with E-state index in [1.807, 2.05) is 0 Å². The van der Waals surface area contributed by atoms with Gasteiger partial charge in [-0.1, -0.05) is 29.8 Å². The topological polar surface area (TPSA) is 12.5 Å². The molecule has 0 radical (unpaired) electrons. The molecule has 0 aliphatic rings. The molecule has 0 atom stereocenters. The van der Waals surface area contributed by atoms with Gasteiger partial charge in [0.15, 0.2) is 0 Å². The maximum Gasteiger partial charge on any atom is 0.126 e. The van der Waals surface area contributed by atoms with Crippen molar-refractivity contribution in [1.82, 2.24) is 4.90 Å². The largest absolute Gasteiger partial charge is 0.496 e. The first kappa shape index (κ1) is 13.5. The summed E-state index contributed by atoms with van der Waals surface area (Å²) in [5.74, 6) is 1.01. The predicted molar refractivity (Wildman–Crippen MR) is 72.1 cm³/mol. The van der Waals surface area contributed by atoms with E-state index >= 15 is 0 Å². The molecular formula is C13H20BrNO. The Balaban J connectivity index is 3.01. The summed E-state index contributed by atoms with van der Waals surface area (Å²) < 4.78 is 6.59. The van der Waals surface area contributed by atoms with Crippen molar-refractivity contribution in [3.8, 4) is 5.75 Å². The smallest absolute Gasteiger partial charge is 0.126 e. The van der Waals surface area contributed by atoms with Gasteiger partial charge >= 0.3 is 0 Å². The molecule has 0 fully saturated rings. The summed E-state index contributed by atoms with van der Waals surface area (Å²) in [7, 11) is 1.74. The first-order valence-electron chi connectivity index (χ1n) is 5.67. The van der Waals surface area contributed by atoms with E-state index in [-0.39, 0.29) is 0 Å². The number of nitrogens with zero attached hydrogens (tertiary/aromatic N) is 1. The lowest BCUT2D eigenvalue weighted by Crippen LogP contribution is -2.22. The van der Waals surface area contributed by atoms with Crippen LogP contribution in [-0.2, 0) is 6.54 Å². The average molecular weight is 286 g/mol. The lowest BCUT2D eigenvalue weighted by Gasteiger charge is -2.20. The molecule has 1 aromatic rings. The second-order valence-corrected chi connectivity index (χ2v) is 4.79. The predicted octanol–water partition coefficient (Wildman–Crippen LogP) is 3.61. The highest BCUT2D eigenvalue weighted by Crippen LogP contribution is 2.28. The molecule has 1 aromatic carbocycles. The highest BCUT2D eigenvalue weighted by Gasteiger charge is 2.10.